The molecule has 1 aromatic heterocycles. The second kappa shape index (κ2) is 8.50. The first-order chi connectivity index (χ1) is 14.1. The third-order valence-electron chi connectivity index (χ3n) is 5.22. The summed E-state index contributed by atoms with van der Waals surface area (Å²) in [5, 5.41) is 2.94. The molecule has 0 spiro atoms. The summed E-state index contributed by atoms with van der Waals surface area (Å²) in [7, 11) is 0. The van der Waals surface area contributed by atoms with Gasteiger partial charge in [-0.2, -0.15) is 0 Å². The van der Waals surface area contributed by atoms with Gasteiger partial charge in [0.1, 0.15) is 12.4 Å². The van der Waals surface area contributed by atoms with Crippen LogP contribution in [-0.2, 0) is 11.3 Å². The van der Waals surface area contributed by atoms with Crippen LogP contribution in [0.1, 0.15) is 51.9 Å². The lowest BCUT2D eigenvalue weighted by molar-refractivity contribution is -0.134. The van der Waals surface area contributed by atoms with Crippen molar-refractivity contribution in [1.29, 1.82) is 0 Å². The molecule has 3 amide bonds. The van der Waals surface area contributed by atoms with Gasteiger partial charge in [0.2, 0.25) is 5.91 Å². The molecule has 0 aliphatic carbocycles. The lowest BCUT2D eigenvalue weighted by atomic mass is 9.99. The van der Waals surface area contributed by atoms with Crippen molar-refractivity contribution in [2.75, 3.05) is 13.1 Å². The van der Waals surface area contributed by atoms with Crippen LogP contribution in [0.4, 0.5) is 9.18 Å². The first-order valence-corrected chi connectivity index (χ1v) is 10.4. The van der Waals surface area contributed by atoms with E-state index in [0.717, 1.165) is 11.3 Å². The highest BCUT2D eigenvalue weighted by molar-refractivity contribution is 5.85. The van der Waals surface area contributed by atoms with Crippen molar-refractivity contribution in [2.45, 2.75) is 58.8 Å². The van der Waals surface area contributed by atoms with E-state index >= 15 is 0 Å². The fraction of sp³-hybridized carbons (Fsp3) is 0.478. The minimum atomic E-state index is -0.393. The normalized spacial score (nSPS) is 16.4. The highest BCUT2D eigenvalue weighted by atomic mass is 19.1. The van der Waals surface area contributed by atoms with Gasteiger partial charge in [-0.25, -0.2) is 9.18 Å². The SMILES string of the molecule is CC(C)N(CC(=O)N1CCn2cccc2[C@H]1c1ccc(F)cc1)C(=O)NC(C)(C)C. The van der Waals surface area contributed by atoms with Crippen LogP contribution in [0.3, 0.4) is 0 Å². The predicted molar refractivity (Wildman–Crippen MR) is 115 cm³/mol. The highest BCUT2D eigenvalue weighted by Gasteiger charge is 2.34. The number of hydrogen-bond donors (Lipinski definition) is 1. The molecule has 0 radical (unpaired) electrons. The van der Waals surface area contributed by atoms with Crippen LogP contribution >= 0.6 is 0 Å². The molecule has 1 N–H and O–H groups in total. The fourth-order valence-corrected chi connectivity index (χ4v) is 3.77. The molecule has 0 bridgehead atoms. The Kier molecular flexibility index (Phi) is 6.19. The molecule has 6 nitrogen and oxygen atoms in total. The summed E-state index contributed by atoms with van der Waals surface area (Å²) < 4.78 is 15.6. The van der Waals surface area contributed by atoms with Crippen molar-refractivity contribution in [3.8, 4) is 0 Å². The Morgan fingerprint density at radius 2 is 1.83 bits per heavy atom. The van der Waals surface area contributed by atoms with Gasteiger partial charge in [0.05, 0.1) is 6.04 Å². The first kappa shape index (κ1) is 21.9. The topological polar surface area (TPSA) is 57.6 Å². The van der Waals surface area contributed by atoms with Gasteiger partial charge in [-0.05, 0) is 64.4 Å². The van der Waals surface area contributed by atoms with Crippen molar-refractivity contribution in [2.24, 2.45) is 0 Å². The number of urea groups is 1. The van der Waals surface area contributed by atoms with Crippen LogP contribution in [0.5, 0.6) is 0 Å². The summed E-state index contributed by atoms with van der Waals surface area (Å²) in [5.41, 5.74) is 1.44. The van der Waals surface area contributed by atoms with Crippen LogP contribution in [-0.4, -0.2) is 51.0 Å². The van der Waals surface area contributed by atoms with Crippen LogP contribution in [0, 0.1) is 5.82 Å². The Hall–Kier alpha value is -2.83. The first-order valence-electron chi connectivity index (χ1n) is 10.4. The molecule has 0 saturated heterocycles. The molecule has 30 heavy (non-hydrogen) atoms. The molecule has 2 heterocycles. The molecular formula is C23H31FN4O2. The largest absolute Gasteiger partial charge is 0.348 e. The number of carbonyl (C=O) groups is 2. The van der Waals surface area contributed by atoms with Gasteiger partial charge in [-0.3, -0.25) is 4.79 Å². The maximum atomic E-state index is 13.5. The van der Waals surface area contributed by atoms with E-state index in [0.29, 0.717) is 13.1 Å². The number of hydrogen-bond acceptors (Lipinski definition) is 2. The zero-order valence-electron chi connectivity index (χ0n) is 18.4. The molecule has 7 heteroatoms. The van der Waals surface area contributed by atoms with Crippen LogP contribution in [0.2, 0.25) is 0 Å². The molecule has 0 unspecified atom stereocenters. The molecular weight excluding hydrogens is 383 g/mol. The molecule has 2 aromatic rings. The smallest absolute Gasteiger partial charge is 0.318 e. The monoisotopic (exact) mass is 414 g/mol. The van der Waals surface area contributed by atoms with E-state index in [1.165, 1.54) is 12.1 Å². The van der Waals surface area contributed by atoms with Crippen molar-refractivity contribution in [3.63, 3.8) is 0 Å². The third kappa shape index (κ3) is 4.83. The van der Waals surface area contributed by atoms with Gasteiger partial charge in [0.15, 0.2) is 0 Å². The maximum absolute atomic E-state index is 13.5. The Morgan fingerprint density at radius 3 is 2.43 bits per heavy atom. The molecule has 1 atom stereocenters. The standard InChI is InChI=1S/C23H31FN4O2/c1-16(2)28(22(30)25-23(3,4)5)15-20(29)27-14-13-26-12-6-7-19(26)21(27)17-8-10-18(24)11-9-17/h6-12,16,21H,13-15H2,1-5H3,(H,25,30)/t21-/m1/s1. The highest BCUT2D eigenvalue weighted by Crippen LogP contribution is 2.32. The predicted octanol–water partition coefficient (Wildman–Crippen LogP) is 3.78. The van der Waals surface area contributed by atoms with E-state index in [-0.39, 0.29) is 36.4 Å². The molecule has 1 aliphatic rings. The molecule has 0 fully saturated rings. The minimum absolute atomic E-state index is 0.0159. The zero-order valence-corrected chi connectivity index (χ0v) is 18.4. The van der Waals surface area contributed by atoms with E-state index in [1.807, 2.05) is 52.9 Å². The van der Waals surface area contributed by atoms with Crippen molar-refractivity contribution in [1.82, 2.24) is 19.7 Å². The summed E-state index contributed by atoms with van der Waals surface area (Å²) in [6.07, 6.45) is 1.99. The van der Waals surface area contributed by atoms with E-state index < -0.39 is 5.54 Å². The van der Waals surface area contributed by atoms with E-state index in [9.17, 15) is 14.0 Å². The number of amides is 3. The molecule has 162 valence electrons. The summed E-state index contributed by atoms with van der Waals surface area (Å²) in [4.78, 5) is 29.5. The third-order valence-corrected chi connectivity index (χ3v) is 5.22. The van der Waals surface area contributed by atoms with E-state index in [2.05, 4.69) is 9.88 Å². The number of nitrogens with one attached hydrogen (secondary N) is 1. The Bertz CT molecular complexity index is 899. The number of nitrogens with zero attached hydrogens (tertiary/aromatic N) is 3. The summed E-state index contributed by atoms with van der Waals surface area (Å²) in [5.74, 6) is -0.442. The lowest BCUT2D eigenvalue weighted by Crippen LogP contribution is -2.54. The van der Waals surface area contributed by atoms with Gasteiger partial charge >= 0.3 is 6.03 Å². The number of fused-ring (bicyclic) bond motifs is 1. The van der Waals surface area contributed by atoms with Gasteiger partial charge in [0, 0.05) is 36.6 Å². The van der Waals surface area contributed by atoms with Crippen LogP contribution in [0.25, 0.3) is 0 Å². The number of benzene rings is 1. The van der Waals surface area contributed by atoms with E-state index in [1.54, 1.807) is 21.9 Å². The number of aromatic nitrogens is 1. The molecule has 1 aliphatic heterocycles. The van der Waals surface area contributed by atoms with Crippen molar-refractivity contribution < 1.29 is 14.0 Å². The van der Waals surface area contributed by atoms with Crippen molar-refractivity contribution in [3.05, 3.63) is 59.7 Å². The maximum Gasteiger partial charge on any atom is 0.318 e. The second-order valence-corrected chi connectivity index (χ2v) is 9.07. The van der Waals surface area contributed by atoms with Gasteiger partial charge in [-0.1, -0.05) is 12.1 Å². The molecule has 1 aromatic carbocycles. The number of carbonyl (C=O) groups excluding carboxylic acids is 2. The lowest BCUT2D eigenvalue weighted by Gasteiger charge is -2.39. The average Bonchev–Trinajstić information content (AvgIpc) is 3.13. The fourth-order valence-electron chi connectivity index (χ4n) is 3.77. The zero-order chi connectivity index (χ0) is 22.1. The average molecular weight is 415 g/mol. The van der Waals surface area contributed by atoms with Gasteiger partial charge < -0.3 is 19.7 Å². The summed E-state index contributed by atoms with van der Waals surface area (Å²) in [6.45, 7) is 10.7. The summed E-state index contributed by atoms with van der Waals surface area (Å²) >= 11 is 0. The van der Waals surface area contributed by atoms with Crippen LogP contribution in [0.15, 0.2) is 42.6 Å². The van der Waals surface area contributed by atoms with Crippen LogP contribution < -0.4 is 5.32 Å². The number of rotatable bonds is 4. The van der Waals surface area contributed by atoms with Gasteiger partial charge in [-0.15, -0.1) is 0 Å². The summed E-state index contributed by atoms with van der Waals surface area (Å²) in [6, 6.07) is 9.50. The number of halogens is 1. The Balaban J connectivity index is 1.87. The Labute approximate surface area is 177 Å². The molecule has 3 rings (SSSR count). The Morgan fingerprint density at radius 1 is 1.17 bits per heavy atom. The quantitative estimate of drug-likeness (QED) is 0.828. The van der Waals surface area contributed by atoms with E-state index in [4.69, 9.17) is 0 Å². The van der Waals surface area contributed by atoms with Crippen molar-refractivity contribution >= 4 is 11.9 Å². The molecule has 0 saturated carbocycles. The second-order valence-electron chi connectivity index (χ2n) is 9.07. The minimum Gasteiger partial charge on any atom is -0.348 e. The van der Waals surface area contributed by atoms with Gasteiger partial charge in [0.25, 0.3) is 0 Å².